The molecule has 0 saturated heterocycles. The first-order valence-electron chi connectivity index (χ1n) is 3.15. The fraction of sp³-hybridized carbons (Fsp3) is 0. The summed E-state index contributed by atoms with van der Waals surface area (Å²) in [5.41, 5.74) is -0.454. The summed E-state index contributed by atoms with van der Waals surface area (Å²) < 4.78 is 46.5. The summed E-state index contributed by atoms with van der Waals surface area (Å²) in [6.45, 7) is 0. The fourth-order valence-corrected chi connectivity index (χ4v) is 2.66. The molecule has 1 rings (SSSR count). The number of rotatable bonds is 2. The molecule has 0 aliphatic heterocycles. The molecule has 0 fully saturated rings. The highest BCUT2D eigenvalue weighted by Gasteiger charge is 2.20. The van der Waals surface area contributed by atoms with Crippen LogP contribution in [0.4, 0.5) is 8.78 Å². The number of hydrogen-bond donors (Lipinski definition) is 1. The first-order chi connectivity index (χ1) is 6.34. The van der Waals surface area contributed by atoms with E-state index in [0.29, 0.717) is 11.3 Å². The second-order valence-corrected chi connectivity index (χ2v) is 5.25. The zero-order valence-corrected chi connectivity index (χ0v) is 8.89. The van der Waals surface area contributed by atoms with Gasteiger partial charge in [0.25, 0.3) is 0 Å². The molecule has 0 bridgehead atoms. The van der Waals surface area contributed by atoms with E-state index in [1.54, 1.807) is 0 Å². The average molecular weight is 260 g/mol. The Morgan fingerprint density at radius 3 is 2.50 bits per heavy atom. The standard InChI is InChI=1S/C6H4ClF2NO2S2/c7-5(9)4(8)3-1-2-13-6(3)14(10,11)12/h1-2H,(H2,10,11,12)/b5-4-. The zero-order valence-electron chi connectivity index (χ0n) is 6.50. The van der Waals surface area contributed by atoms with Crippen molar-refractivity contribution in [2.75, 3.05) is 0 Å². The molecule has 14 heavy (non-hydrogen) atoms. The highest BCUT2D eigenvalue weighted by atomic mass is 35.5. The van der Waals surface area contributed by atoms with E-state index in [0.717, 1.165) is 6.07 Å². The lowest BCUT2D eigenvalue weighted by Gasteiger charge is -1.97. The van der Waals surface area contributed by atoms with Gasteiger partial charge in [0.15, 0.2) is 5.83 Å². The van der Waals surface area contributed by atoms with Gasteiger partial charge in [0, 0.05) is 5.56 Å². The van der Waals surface area contributed by atoms with E-state index in [1.165, 1.54) is 5.38 Å². The van der Waals surface area contributed by atoms with Crippen molar-refractivity contribution in [2.24, 2.45) is 5.14 Å². The first kappa shape index (κ1) is 11.6. The van der Waals surface area contributed by atoms with Crippen LogP contribution in [-0.4, -0.2) is 8.42 Å². The lowest BCUT2D eigenvalue weighted by molar-refractivity contribution is 0.598. The Bertz CT molecular complexity index is 476. The van der Waals surface area contributed by atoms with E-state index in [1.807, 2.05) is 0 Å². The maximum absolute atomic E-state index is 12.9. The molecule has 1 heterocycles. The molecule has 0 aliphatic carbocycles. The summed E-state index contributed by atoms with van der Waals surface area (Å²) in [5, 5.41) is 4.44. The Balaban J connectivity index is 3.40. The molecule has 8 heteroatoms. The number of nitrogens with two attached hydrogens (primary N) is 1. The molecule has 1 aromatic heterocycles. The Morgan fingerprint density at radius 2 is 2.07 bits per heavy atom. The van der Waals surface area contributed by atoms with E-state index < -0.39 is 30.9 Å². The summed E-state index contributed by atoms with van der Waals surface area (Å²) in [6, 6.07) is 1.09. The highest BCUT2D eigenvalue weighted by molar-refractivity contribution is 7.91. The van der Waals surface area contributed by atoms with Gasteiger partial charge in [0.05, 0.1) is 0 Å². The van der Waals surface area contributed by atoms with Gasteiger partial charge in [-0.25, -0.2) is 17.9 Å². The molecule has 0 amide bonds. The van der Waals surface area contributed by atoms with E-state index >= 15 is 0 Å². The minimum Gasteiger partial charge on any atom is -0.224 e. The lowest BCUT2D eigenvalue weighted by Crippen LogP contribution is -2.11. The van der Waals surface area contributed by atoms with Gasteiger partial charge in [-0.3, -0.25) is 0 Å². The number of primary sulfonamides is 1. The van der Waals surface area contributed by atoms with E-state index in [4.69, 9.17) is 16.7 Å². The molecule has 2 N–H and O–H groups in total. The lowest BCUT2D eigenvalue weighted by atomic mass is 10.3. The SMILES string of the molecule is NS(=O)(=O)c1sccc1/C(F)=C(/F)Cl. The van der Waals surface area contributed by atoms with Crippen LogP contribution in [0.25, 0.3) is 5.83 Å². The van der Waals surface area contributed by atoms with Gasteiger partial charge in [-0.1, -0.05) is 0 Å². The van der Waals surface area contributed by atoms with Crippen molar-refractivity contribution < 1.29 is 17.2 Å². The van der Waals surface area contributed by atoms with Gasteiger partial charge in [-0.15, -0.1) is 11.3 Å². The normalized spacial score (nSPS) is 14.0. The Morgan fingerprint density at radius 1 is 1.50 bits per heavy atom. The Hall–Kier alpha value is -0.500. The minimum atomic E-state index is -4.05. The van der Waals surface area contributed by atoms with E-state index in [9.17, 15) is 17.2 Å². The second-order valence-electron chi connectivity index (χ2n) is 2.24. The molecular weight excluding hydrogens is 256 g/mol. The Labute approximate surface area is 87.8 Å². The molecule has 1 aromatic rings. The van der Waals surface area contributed by atoms with Crippen molar-refractivity contribution >= 4 is 38.8 Å². The average Bonchev–Trinajstić information content (AvgIpc) is 2.48. The molecule has 0 spiro atoms. The third kappa shape index (κ3) is 2.30. The van der Waals surface area contributed by atoms with E-state index in [-0.39, 0.29) is 0 Å². The second kappa shape index (κ2) is 3.93. The van der Waals surface area contributed by atoms with E-state index in [2.05, 4.69) is 0 Å². The summed E-state index contributed by atoms with van der Waals surface area (Å²) in [5.74, 6) is -1.43. The Kier molecular flexibility index (Phi) is 3.25. The van der Waals surface area contributed by atoms with Crippen molar-refractivity contribution in [3.05, 3.63) is 22.3 Å². The molecule has 0 aromatic carbocycles. The number of halogens is 3. The predicted octanol–water partition coefficient (Wildman–Crippen LogP) is 2.20. The van der Waals surface area contributed by atoms with Crippen molar-refractivity contribution in [1.82, 2.24) is 0 Å². The molecule has 0 aliphatic rings. The van der Waals surface area contributed by atoms with Crippen molar-refractivity contribution in [3.8, 4) is 0 Å². The highest BCUT2D eigenvalue weighted by Crippen LogP contribution is 2.32. The zero-order chi connectivity index (χ0) is 10.9. The van der Waals surface area contributed by atoms with Crippen molar-refractivity contribution in [1.29, 1.82) is 0 Å². The number of hydrogen-bond acceptors (Lipinski definition) is 3. The van der Waals surface area contributed by atoms with Gasteiger partial charge >= 0.3 is 0 Å². The quantitative estimate of drug-likeness (QED) is 0.885. The van der Waals surface area contributed by atoms with Crippen LogP contribution in [0.2, 0.25) is 0 Å². The van der Waals surface area contributed by atoms with Crippen LogP contribution in [0.1, 0.15) is 5.56 Å². The molecule has 0 radical (unpaired) electrons. The summed E-state index contributed by atoms with van der Waals surface area (Å²) in [7, 11) is -4.05. The van der Waals surface area contributed by atoms with Crippen LogP contribution >= 0.6 is 22.9 Å². The summed E-state index contributed by atoms with van der Waals surface area (Å²) in [4.78, 5) is 0. The molecule has 0 saturated carbocycles. The maximum atomic E-state index is 12.9. The smallest absolute Gasteiger partial charge is 0.224 e. The third-order valence-corrected chi connectivity index (χ3v) is 3.88. The van der Waals surface area contributed by atoms with Crippen LogP contribution in [0.3, 0.4) is 0 Å². The topological polar surface area (TPSA) is 60.2 Å². The minimum absolute atomic E-state index is 0.453. The first-order valence-corrected chi connectivity index (χ1v) is 5.96. The van der Waals surface area contributed by atoms with Gasteiger partial charge in [0.1, 0.15) is 4.21 Å². The predicted molar refractivity (Wildman–Crippen MR) is 50.7 cm³/mol. The third-order valence-electron chi connectivity index (χ3n) is 1.29. The monoisotopic (exact) mass is 259 g/mol. The van der Waals surface area contributed by atoms with Crippen LogP contribution in [0, 0.1) is 0 Å². The molecule has 78 valence electrons. The molecular formula is C6H4ClF2NO2S2. The molecule has 0 unspecified atom stereocenters. The van der Waals surface area contributed by atoms with Gasteiger partial charge in [0.2, 0.25) is 15.3 Å². The van der Waals surface area contributed by atoms with Gasteiger partial charge < -0.3 is 0 Å². The van der Waals surface area contributed by atoms with Crippen LogP contribution in [-0.2, 0) is 10.0 Å². The van der Waals surface area contributed by atoms with Crippen LogP contribution in [0.15, 0.2) is 20.9 Å². The fourth-order valence-electron chi connectivity index (χ4n) is 0.780. The largest absolute Gasteiger partial charge is 0.248 e. The van der Waals surface area contributed by atoms with Gasteiger partial charge in [-0.2, -0.15) is 4.39 Å². The van der Waals surface area contributed by atoms with Crippen molar-refractivity contribution in [2.45, 2.75) is 4.21 Å². The summed E-state index contributed by atoms with van der Waals surface area (Å²) in [6.07, 6.45) is 0. The van der Waals surface area contributed by atoms with Crippen LogP contribution < -0.4 is 5.14 Å². The molecule has 0 atom stereocenters. The number of sulfonamides is 1. The summed E-state index contributed by atoms with van der Waals surface area (Å²) >= 11 is 5.44. The van der Waals surface area contributed by atoms with Gasteiger partial charge in [-0.05, 0) is 23.0 Å². The maximum Gasteiger partial charge on any atom is 0.248 e. The number of thiophene rings is 1. The van der Waals surface area contributed by atoms with Crippen molar-refractivity contribution in [3.63, 3.8) is 0 Å². The van der Waals surface area contributed by atoms with Crippen LogP contribution in [0.5, 0.6) is 0 Å². The molecule has 3 nitrogen and oxygen atoms in total.